The fraction of sp³-hybridized carbons (Fsp3) is 0.259. The molecule has 34 heavy (non-hydrogen) atoms. The summed E-state index contributed by atoms with van der Waals surface area (Å²) >= 11 is 7.27. The van der Waals surface area contributed by atoms with Gasteiger partial charge in [-0.1, -0.05) is 72.8 Å². The van der Waals surface area contributed by atoms with Crippen molar-refractivity contribution in [1.82, 2.24) is 9.80 Å². The molecule has 0 saturated carbocycles. The summed E-state index contributed by atoms with van der Waals surface area (Å²) in [5.74, 6) is -0.358. The largest absolute Gasteiger partial charge is 0.465 e. The van der Waals surface area contributed by atoms with Crippen molar-refractivity contribution in [3.63, 3.8) is 0 Å². The lowest BCUT2D eigenvalue weighted by molar-refractivity contribution is 0.0603. The highest BCUT2D eigenvalue weighted by molar-refractivity contribution is 7.80. The smallest absolute Gasteiger partial charge is 0.341 e. The Kier molecular flexibility index (Phi) is 8.11. The average molecular weight is 492 g/mol. The van der Waals surface area contributed by atoms with Gasteiger partial charge in [0, 0.05) is 43.2 Å². The molecule has 7 heteroatoms. The molecule has 1 saturated heterocycles. The number of nitrogens with one attached hydrogen (secondary N) is 1. The number of hydrogen-bond donors (Lipinski definition) is 1. The number of thiocarbonyl (C=S) groups is 1. The lowest BCUT2D eigenvalue weighted by Gasteiger charge is -2.35. The number of piperazine rings is 1. The van der Waals surface area contributed by atoms with Gasteiger partial charge in [0.1, 0.15) is 10.6 Å². The molecule has 176 valence electrons. The van der Waals surface area contributed by atoms with Gasteiger partial charge in [0.05, 0.1) is 7.11 Å². The van der Waals surface area contributed by atoms with Crippen LogP contribution in [0.4, 0.5) is 5.00 Å². The first-order valence-corrected chi connectivity index (χ1v) is 12.6. The van der Waals surface area contributed by atoms with E-state index in [1.807, 2.05) is 43.3 Å². The highest BCUT2D eigenvalue weighted by Crippen LogP contribution is 2.40. The summed E-state index contributed by atoms with van der Waals surface area (Å²) in [6.07, 6.45) is 4.38. The first-order valence-electron chi connectivity index (χ1n) is 11.3. The molecule has 4 rings (SSSR count). The van der Waals surface area contributed by atoms with E-state index in [0.29, 0.717) is 10.7 Å². The molecule has 1 aromatic heterocycles. The topological polar surface area (TPSA) is 44.8 Å². The normalized spacial score (nSPS) is 14.4. The molecule has 0 radical (unpaired) electrons. The molecule has 1 N–H and O–H groups in total. The lowest BCUT2D eigenvalue weighted by atomic mass is 10.0. The van der Waals surface area contributed by atoms with E-state index in [2.05, 4.69) is 51.5 Å². The number of aryl methyl sites for hydroxylation is 1. The number of esters is 1. The van der Waals surface area contributed by atoms with Crippen molar-refractivity contribution in [2.45, 2.75) is 6.92 Å². The van der Waals surface area contributed by atoms with Gasteiger partial charge >= 0.3 is 5.97 Å². The molecule has 0 amide bonds. The number of anilines is 1. The van der Waals surface area contributed by atoms with Crippen molar-refractivity contribution in [1.29, 1.82) is 0 Å². The summed E-state index contributed by atoms with van der Waals surface area (Å²) in [5.41, 5.74) is 3.66. The van der Waals surface area contributed by atoms with E-state index in [4.69, 9.17) is 17.0 Å². The van der Waals surface area contributed by atoms with Crippen LogP contribution >= 0.6 is 23.6 Å². The predicted molar refractivity (Wildman–Crippen MR) is 146 cm³/mol. The third-order valence-electron chi connectivity index (χ3n) is 5.89. The van der Waals surface area contributed by atoms with Crippen LogP contribution in [0, 0.1) is 6.92 Å². The van der Waals surface area contributed by atoms with Gasteiger partial charge in [-0.3, -0.25) is 4.90 Å². The summed E-state index contributed by atoms with van der Waals surface area (Å²) in [7, 11) is 1.41. The van der Waals surface area contributed by atoms with E-state index in [0.717, 1.165) is 53.7 Å². The van der Waals surface area contributed by atoms with Gasteiger partial charge in [0.2, 0.25) is 0 Å². The molecule has 0 atom stereocenters. The molecule has 0 unspecified atom stereocenters. The highest BCUT2D eigenvalue weighted by atomic mass is 32.1. The van der Waals surface area contributed by atoms with Gasteiger partial charge in [-0.25, -0.2) is 4.79 Å². The lowest BCUT2D eigenvalue weighted by Crippen LogP contribution is -2.49. The van der Waals surface area contributed by atoms with E-state index < -0.39 is 0 Å². The number of benzene rings is 2. The zero-order valence-corrected chi connectivity index (χ0v) is 21.1. The Morgan fingerprint density at radius 1 is 1.06 bits per heavy atom. The maximum atomic E-state index is 12.7. The molecule has 1 aliphatic heterocycles. The fourth-order valence-electron chi connectivity index (χ4n) is 4.09. The van der Waals surface area contributed by atoms with Crippen LogP contribution in [0.2, 0.25) is 0 Å². The summed E-state index contributed by atoms with van der Waals surface area (Å²) in [5, 5.41) is 4.73. The molecule has 2 heterocycles. The van der Waals surface area contributed by atoms with Crippen LogP contribution in [0.15, 0.2) is 66.7 Å². The number of rotatable bonds is 6. The van der Waals surface area contributed by atoms with E-state index in [1.54, 1.807) is 0 Å². The monoisotopic (exact) mass is 491 g/mol. The quantitative estimate of drug-likeness (QED) is 0.361. The highest BCUT2D eigenvalue weighted by Gasteiger charge is 2.26. The minimum atomic E-state index is -0.358. The number of nitrogens with zero attached hydrogens (tertiary/aromatic N) is 2. The Hall–Kier alpha value is -3.00. The summed E-state index contributed by atoms with van der Waals surface area (Å²) in [4.78, 5) is 18.4. The van der Waals surface area contributed by atoms with Crippen LogP contribution in [-0.4, -0.2) is 60.7 Å². The minimum absolute atomic E-state index is 0.358. The van der Waals surface area contributed by atoms with Crippen molar-refractivity contribution >= 4 is 45.7 Å². The number of thiophene rings is 1. The predicted octanol–water partition coefficient (Wildman–Crippen LogP) is 5.54. The van der Waals surface area contributed by atoms with Crippen LogP contribution in [0.1, 0.15) is 20.8 Å². The van der Waals surface area contributed by atoms with E-state index in [-0.39, 0.29) is 5.97 Å². The van der Waals surface area contributed by atoms with Crippen LogP contribution in [0.5, 0.6) is 0 Å². The zero-order chi connectivity index (χ0) is 23.9. The minimum Gasteiger partial charge on any atom is -0.465 e. The Labute approximate surface area is 210 Å². The zero-order valence-electron chi connectivity index (χ0n) is 19.5. The first-order chi connectivity index (χ1) is 16.6. The Morgan fingerprint density at radius 3 is 2.35 bits per heavy atom. The molecule has 0 aliphatic carbocycles. The standard InChI is InChI=1S/C27H29N3O2S2/c1-20-23(22-13-7-4-8-14-22)24(26(31)32-2)25(34-20)28-27(33)30-18-16-29(17-19-30)15-9-12-21-10-5-3-6-11-21/h3-14H,15-19H2,1-2H3,(H,28,33)/b12-9+. The van der Waals surface area contributed by atoms with Crippen molar-refractivity contribution in [3.8, 4) is 11.1 Å². The number of ether oxygens (including phenoxy) is 1. The maximum absolute atomic E-state index is 12.7. The van der Waals surface area contributed by atoms with E-state index >= 15 is 0 Å². The van der Waals surface area contributed by atoms with Gasteiger partial charge in [0.25, 0.3) is 0 Å². The van der Waals surface area contributed by atoms with Gasteiger partial charge in [-0.15, -0.1) is 11.3 Å². The van der Waals surface area contributed by atoms with Crippen molar-refractivity contribution in [3.05, 3.63) is 82.7 Å². The van der Waals surface area contributed by atoms with Gasteiger partial charge in [-0.05, 0) is 30.3 Å². The second-order valence-electron chi connectivity index (χ2n) is 8.13. The number of hydrogen-bond acceptors (Lipinski definition) is 5. The molecule has 1 fully saturated rings. The molecule has 1 aliphatic rings. The summed E-state index contributed by atoms with van der Waals surface area (Å²) in [6.45, 7) is 6.49. The van der Waals surface area contributed by atoms with Gasteiger partial charge < -0.3 is 15.0 Å². The molecule has 5 nitrogen and oxygen atoms in total. The number of methoxy groups -OCH3 is 1. The number of carbonyl (C=O) groups excluding carboxylic acids is 1. The third kappa shape index (κ3) is 5.73. The first kappa shape index (κ1) is 24.1. The maximum Gasteiger partial charge on any atom is 0.341 e. The van der Waals surface area contributed by atoms with Crippen molar-refractivity contribution in [2.24, 2.45) is 0 Å². The van der Waals surface area contributed by atoms with Crippen molar-refractivity contribution < 1.29 is 9.53 Å². The molecule has 3 aromatic rings. The fourth-order valence-corrected chi connectivity index (χ4v) is 5.51. The summed E-state index contributed by atoms with van der Waals surface area (Å²) in [6, 6.07) is 20.3. The second kappa shape index (κ2) is 11.4. The second-order valence-corrected chi connectivity index (χ2v) is 9.74. The molecule has 0 spiro atoms. The van der Waals surface area contributed by atoms with Gasteiger partial charge in [-0.2, -0.15) is 0 Å². The SMILES string of the molecule is COC(=O)c1c(NC(=S)N2CCN(C/C=C/c3ccccc3)CC2)sc(C)c1-c1ccccc1. The summed E-state index contributed by atoms with van der Waals surface area (Å²) < 4.78 is 5.12. The van der Waals surface area contributed by atoms with Crippen molar-refractivity contribution in [2.75, 3.05) is 45.2 Å². The Bertz CT molecular complexity index is 1150. The van der Waals surface area contributed by atoms with E-state index in [9.17, 15) is 4.79 Å². The molecule has 0 bridgehead atoms. The van der Waals surface area contributed by atoms with E-state index in [1.165, 1.54) is 24.0 Å². The van der Waals surface area contributed by atoms with Crippen LogP contribution < -0.4 is 5.32 Å². The Balaban J connectivity index is 1.40. The molecular formula is C27H29N3O2S2. The average Bonchev–Trinajstić information content (AvgIpc) is 3.20. The molecule has 2 aromatic carbocycles. The molecular weight excluding hydrogens is 462 g/mol. The third-order valence-corrected chi connectivity index (χ3v) is 7.27. The Morgan fingerprint density at radius 2 is 1.71 bits per heavy atom. The number of carbonyl (C=O) groups is 1. The van der Waals surface area contributed by atoms with Crippen LogP contribution in [0.25, 0.3) is 17.2 Å². The van der Waals surface area contributed by atoms with Crippen LogP contribution in [-0.2, 0) is 4.74 Å². The van der Waals surface area contributed by atoms with Gasteiger partial charge in [0.15, 0.2) is 5.11 Å². The van der Waals surface area contributed by atoms with Crippen LogP contribution in [0.3, 0.4) is 0 Å².